The molecule has 6 heteroatoms. The van der Waals surface area contributed by atoms with Gasteiger partial charge < -0.3 is 24.1 Å². The monoisotopic (exact) mass is 523 g/mol. The van der Waals surface area contributed by atoms with Crippen molar-refractivity contribution in [2.75, 3.05) is 27.9 Å². The summed E-state index contributed by atoms with van der Waals surface area (Å²) in [5.74, 6) is 5.39. The number of aliphatic imine (C=N–C) groups is 1. The number of allylic oxidation sites excluding steroid dienone is 1. The van der Waals surface area contributed by atoms with Crippen molar-refractivity contribution >= 4 is 5.90 Å². The van der Waals surface area contributed by atoms with Crippen LogP contribution in [0.25, 0.3) is 0 Å². The first kappa shape index (κ1) is 26.0. The summed E-state index contributed by atoms with van der Waals surface area (Å²) >= 11 is 0. The van der Waals surface area contributed by atoms with Crippen molar-refractivity contribution in [3.63, 3.8) is 0 Å². The molecule has 38 heavy (non-hydrogen) atoms. The van der Waals surface area contributed by atoms with Crippen LogP contribution in [-0.2, 0) is 4.74 Å². The minimum absolute atomic E-state index is 0.137. The van der Waals surface area contributed by atoms with E-state index in [4.69, 9.17) is 23.9 Å². The fraction of sp³-hybridized carbons (Fsp3) is 0.719. The Morgan fingerprint density at radius 1 is 0.895 bits per heavy atom. The lowest BCUT2D eigenvalue weighted by molar-refractivity contribution is -0.0539. The zero-order chi connectivity index (χ0) is 26.7. The maximum absolute atomic E-state index is 10.3. The summed E-state index contributed by atoms with van der Waals surface area (Å²) in [5, 5.41) is 10.3. The van der Waals surface area contributed by atoms with Crippen LogP contribution in [0, 0.1) is 34.5 Å². The molecule has 6 rings (SSSR count). The van der Waals surface area contributed by atoms with Gasteiger partial charge in [0, 0.05) is 12.0 Å². The number of benzene rings is 1. The lowest BCUT2D eigenvalue weighted by Crippen LogP contribution is -2.51. The van der Waals surface area contributed by atoms with Crippen LogP contribution in [0.3, 0.4) is 0 Å². The van der Waals surface area contributed by atoms with E-state index < -0.39 is 0 Å². The summed E-state index contributed by atoms with van der Waals surface area (Å²) in [5.41, 5.74) is 3.05. The van der Waals surface area contributed by atoms with E-state index >= 15 is 0 Å². The van der Waals surface area contributed by atoms with E-state index in [1.54, 1.807) is 26.9 Å². The quantitative estimate of drug-likeness (QED) is 0.466. The molecule has 6 nitrogen and oxygen atoms in total. The lowest BCUT2D eigenvalue weighted by Gasteiger charge is -2.58. The molecule has 0 amide bonds. The van der Waals surface area contributed by atoms with Gasteiger partial charge in [0.15, 0.2) is 11.5 Å². The highest BCUT2D eigenvalue weighted by Gasteiger charge is 2.59. The van der Waals surface area contributed by atoms with Crippen molar-refractivity contribution in [3.05, 3.63) is 29.3 Å². The van der Waals surface area contributed by atoms with Crippen LogP contribution >= 0.6 is 0 Å². The fourth-order valence-corrected chi connectivity index (χ4v) is 9.50. The second-order valence-electron chi connectivity index (χ2n) is 12.9. The van der Waals surface area contributed by atoms with Gasteiger partial charge in [0.2, 0.25) is 11.6 Å². The van der Waals surface area contributed by atoms with Gasteiger partial charge in [0.1, 0.15) is 0 Å². The second kappa shape index (κ2) is 9.76. The molecule has 1 aromatic rings. The van der Waals surface area contributed by atoms with E-state index in [0.717, 1.165) is 49.0 Å². The summed E-state index contributed by atoms with van der Waals surface area (Å²) in [6.45, 7) is 5.79. The van der Waals surface area contributed by atoms with Gasteiger partial charge in [-0.3, -0.25) is 0 Å². The van der Waals surface area contributed by atoms with Gasteiger partial charge in [-0.25, -0.2) is 4.99 Å². The van der Waals surface area contributed by atoms with Crippen molar-refractivity contribution in [3.8, 4) is 17.2 Å². The molecule has 0 unspecified atom stereocenters. The van der Waals surface area contributed by atoms with E-state index in [1.165, 1.54) is 32.1 Å². The summed E-state index contributed by atoms with van der Waals surface area (Å²) in [4.78, 5) is 5.27. The molecule has 1 aliphatic heterocycles. The Labute approximate surface area is 227 Å². The van der Waals surface area contributed by atoms with Crippen LogP contribution in [0.4, 0.5) is 0 Å². The Bertz CT molecular complexity index is 1100. The fourth-order valence-electron chi connectivity index (χ4n) is 9.50. The third kappa shape index (κ3) is 3.96. The molecular weight excluding hydrogens is 478 g/mol. The minimum atomic E-state index is -0.137. The van der Waals surface area contributed by atoms with Crippen molar-refractivity contribution in [2.24, 2.45) is 39.5 Å². The Balaban J connectivity index is 1.27. The smallest absolute Gasteiger partial charge is 0.216 e. The minimum Gasteiger partial charge on any atom is -0.493 e. The summed E-state index contributed by atoms with van der Waals surface area (Å²) in [7, 11) is 4.91. The van der Waals surface area contributed by atoms with Gasteiger partial charge >= 0.3 is 0 Å². The van der Waals surface area contributed by atoms with Crippen LogP contribution in [0.15, 0.2) is 28.8 Å². The summed E-state index contributed by atoms with van der Waals surface area (Å²) < 4.78 is 22.8. The third-order valence-electron chi connectivity index (χ3n) is 11.5. The molecule has 0 saturated heterocycles. The summed E-state index contributed by atoms with van der Waals surface area (Å²) in [6.07, 6.45) is 12.8. The number of hydrogen-bond donors (Lipinski definition) is 1. The molecule has 0 spiro atoms. The highest BCUT2D eigenvalue weighted by Crippen LogP contribution is 2.67. The number of fused-ring (bicyclic) bond motifs is 5. The normalized spacial score (nSPS) is 40.1. The number of hydrogen-bond acceptors (Lipinski definition) is 6. The number of aliphatic hydroxyl groups is 1. The number of ether oxygens (including phenoxy) is 4. The third-order valence-corrected chi connectivity index (χ3v) is 11.5. The second-order valence-corrected chi connectivity index (χ2v) is 12.9. The average molecular weight is 524 g/mol. The van der Waals surface area contributed by atoms with E-state index in [-0.39, 0.29) is 17.6 Å². The van der Waals surface area contributed by atoms with Crippen LogP contribution in [0.5, 0.6) is 17.2 Å². The first-order valence-electron chi connectivity index (χ1n) is 14.7. The van der Waals surface area contributed by atoms with Crippen LogP contribution in [-0.4, -0.2) is 51.1 Å². The highest BCUT2D eigenvalue weighted by atomic mass is 16.5. The average Bonchev–Trinajstić information content (AvgIpc) is 3.29. The topological polar surface area (TPSA) is 69.5 Å². The largest absolute Gasteiger partial charge is 0.493 e. The molecule has 208 valence electrons. The first-order valence-corrected chi connectivity index (χ1v) is 14.7. The van der Waals surface area contributed by atoms with E-state index in [1.807, 2.05) is 12.1 Å². The lowest BCUT2D eigenvalue weighted by atomic mass is 9.47. The van der Waals surface area contributed by atoms with Gasteiger partial charge in [-0.05, 0) is 98.0 Å². The number of nitrogens with zero attached hydrogens (tertiary/aromatic N) is 1. The standard InChI is InChI=1S/C32H45NO5/c1-31-13-10-21(34)18-20(31)6-7-22-23-8-9-25(32(23,2)14-11-24(22)31)26-12-15-38-30(33-26)19-16-27(35-3)29(37-5)28(17-19)36-4/h6,16-17,21-26,34H,7-15,18H2,1-5H3/t21-,22-,23-,24-,25+,26-,31-,32-/m0/s1. The van der Waals surface area contributed by atoms with Gasteiger partial charge in [0.05, 0.1) is 40.1 Å². The number of methoxy groups -OCH3 is 3. The molecule has 4 aliphatic carbocycles. The molecule has 8 atom stereocenters. The van der Waals surface area contributed by atoms with Gasteiger partial charge in [-0.1, -0.05) is 25.5 Å². The van der Waals surface area contributed by atoms with Gasteiger partial charge in [-0.2, -0.15) is 0 Å². The molecule has 1 N–H and O–H groups in total. The Morgan fingerprint density at radius 2 is 1.63 bits per heavy atom. The zero-order valence-corrected chi connectivity index (χ0v) is 23.8. The molecule has 1 heterocycles. The van der Waals surface area contributed by atoms with E-state index in [9.17, 15) is 5.11 Å². The maximum Gasteiger partial charge on any atom is 0.216 e. The first-order chi connectivity index (χ1) is 18.3. The highest BCUT2D eigenvalue weighted by molar-refractivity contribution is 5.96. The van der Waals surface area contributed by atoms with Crippen LogP contribution in [0.1, 0.15) is 77.2 Å². The van der Waals surface area contributed by atoms with Crippen molar-refractivity contribution in [1.82, 2.24) is 0 Å². The van der Waals surface area contributed by atoms with Crippen LogP contribution < -0.4 is 14.2 Å². The molecule has 1 aromatic carbocycles. The molecule has 0 radical (unpaired) electrons. The molecule has 3 saturated carbocycles. The van der Waals surface area contributed by atoms with Crippen molar-refractivity contribution in [1.29, 1.82) is 0 Å². The SMILES string of the molecule is COc1cc(C2=N[C@H]([C@H]3CC[C@H]4[C@@H]5CC=C6C[C@@H](O)CC[C@]6(C)[C@H]5CC[C@]34C)CCO2)cc(OC)c1OC. The summed E-state index contributed by atoms with van der Waals surface area (Å²) in [6, 6.07) is 4.17. The van der Waals surface area contributed by atoms with E-state index in [2.05, 4.69) is 19.9 Å². The van der Waals surface area contributed by atoms with Crippen LogP contribution in [0.2, 0.25) is 0 Å². The molecule has 0 bridgehead atoms. The number of aliphatic hydroxyl groups excluding tert-OH is 1. The predicted molar refractivity (Wildman–Crippen MR) is 148 cm³/mol. The molecule has 3 fully saturated rings. The molecular formula is C32H45NO5. The van der Waals surface area contributed by atoms with Crippen molar-refractivity contribution < 1.29 is 24.1 Å². The Morgan fingerprint density at radius 3 is 2.34 bits per heavy atom. The molecule has 0 aromatic heterocycles. The number of rotatable bonds is 5. The zero-order valence-electron chi connectivity index (χ0n) is 23.8. The van der Waals surface area contributed by atoms with Crippen molar-refractivity contribution in [2.45, 2.75) is 83.8 Å². The Kier molecular flexibility index (Phi) is 6.69. The van der Waals surface area contributed by atoms with E-state index in [0.29, 0.717) is 41.1 Å². The molecule has 5 aliphatic rings. The van der Waals surface area contributed by atoms with Gasteiger partial charge in [0.25, 0.3) is 0 Å². The Hall–Kier alpha value is -2.21. The maximum atomic E-state index is 10.3. The predicted octanol–water partition coefficient (Wildman–Crippen LogP) is 6.19. The van der Waals surface area contributed by atoms with Gasteiger partial charge in [-0.15, -0.1) is 0 Å².